The van der Waals surface area contributed by atoms with Crippen molar-refractivity contribution in [3.63, 3.8) is 0 Å². The van der Waals surface area contributed by atoms with Crippen LogP contribution in [0.4, 0.5) is 0 Å². The Labute approximate surface area is 135 Å². The number of Topliss-reactive ketones (excluding diaryl/α,β-unsaturated/α-hetero) is 1. The highest BCUT2D eigenvalue weighted by Crippen LogP contribution is 2.48. The molecule has 0 fully saturated rings. The van der Waals surface area contributed by atoms with E-state index in [0.717, 1.165) is 30.0 Å². The van der Waals surface area contributed by atoms with Gasteiger partial charge >= 0.3 is 5.97 Å². The van der Waals surface area contributed by atoms with Gasteiger partial charge in [-0.15, -0.1) is 0 Å². The van der Waals surface area contributed by atoms with Crippen molar-refractivity contribution < 1.29 is 14.7 Å². The highest BCUT2D eigenvalue weighted by atomic mass is 28.3. The number of fused-ring (bicyclic) bond motifs is 1. The normalized spacial score (nSPS) is 23.2. The summed E-state index contributed by atoms with van der Waals surface area (Å²) in [5.74, 6) is -1.14. The maximum atomic E-state index is 13.0. The molecule has 0 aromatic carbocycles. The largest absolute Gasteiger partial charge is 0.481 e. The molecule has 0 aromatic heterocycles. The first-order valence-electron chi connectivity index (χ1n) is 8.18. The van der Waals surface area contributed by atoms with Crippen LogP contribution < -0.4 is 0 Å². The van der Waals surface area contributed by atoms with Gasteiger partial charge in [0.15, 0.2) is 5.78 Å². The van der Waals surface area contributed by atoms with E-state index in [1.165, 1.54) is 10.8 Å². The predicted octanol–water partition coefficient (Wildman–Crippen LogP) is 4.19. The van der Waals surface area contributed by atoms with Crippen LogP contribution in [0.1, 0.15) is 25.7 Å². The van der Waals surface area contributed by atoms with Gasteiger partial charge in [0.1, 0.15) is 0 Å². The van der Waals surface area contributed by atoms with Crippen LogP contribution in [-0.2, 0) is 9.59 Å². The summed E-state index contributed by atoms with van der Waals surface area (Å²) in [6.45, 7) is 13.6. The topological polar surface area (TPSA) is 54.4 Å². The SMILES string of the molecule is C[Si](C)(C)C1=C2C(=C([Si](C)(C)C)C(=O)C2CC(=O)O)CCC1. The molecule has 2 aliphatic rings. The van der Waals surface area contributed by atoms with E-state index >= 15 is 0 Å². The third-order valence-corrected chi connectivity index (χ3v) is 9.13. The van der Waals surface area contributed by atoms with Crippen molar-refractivity contribution in [2.24, 2.45) is 5.92 Å². The second-order valence-electron chi connectivity index (χ2n) is 8.61. The third kappa shape index (κ3) is 3.06. The molecule has 2 aliphatic carbocycles. The van der Waals surface area contributed by atoms with Crippen molar-refractivity contribution in [2.45, 2.75) is 65.0 Å². The fraction of sp³-hybridized carbons (Fsp3) is 0.647. The van der Waals surface area contributed by atoms with E-state index in [1.54, 1.807) is 0 Å². The van der Waals surface area contributed by atoms with E-state index in [1.807, 2.05) is 0 Å². The standard InChI is InChI=1S/C17H28O3Si2/c1-21(2,3)13-9-7-8-11-15(13)12(10-14(18)19)16(20)17(11)22(4,5)6/h12H,7-10H2,1-6H3,(H,18,19). The molecule has 22 heavy (non-hydrogen) atoms. The summed E-state index contributed by atoms with van der Waals surface area (Å²) < 4.78 is 0. The molecule has 3 nitrogen and oxygen atoms in total. The fourth-order valence-corrected chi connectivity index (χ4v) is 8.14. The summed E-state index contributed by atoms with van der Waals surface area (Å²) in [6, 6.07) is 0. The molecule has 5 heteroatoms. The van der Waals surface area contributed by atoms with Crippen molar-refractivity contribution >= 4 is 27.9 Å². The molecule has 0 bridgehead atoms. The Hall–Kier alpha value is -0.946. The lowest BCUT2D eigenvalue weighted by Crippen LogP contribution is -2.31. The van der Waals surface area contributed by atoms with Gasteiger partial charge in [-0.05, 0) is 35.6 Å². The average molecular weight is 337 g/mol. The molecule has 1 unspecified atom stereocenters. The first-order valence-corrected chi connectivity index (χ1v) is 15.2. The number of hydrogen-bond donors (Lipinski definition) is 1. The van der Waals surface area contributed by atoms with E-state index in [-0.39, 0.29) is 12.2 Å². The highest BCUT2D eigenvalue weighted by molar-refractivity contribution is 6.88. The highest BCUT2D eigenvalue weighted by Gasteiger charge is 2.46. The predicted molar refractivity (Wildman–Crippen MR) is 95.3 cm³/mol. The molecule has 0 radical (unpaired) electrons. The Balaban J connectivity index is 2.70. The van der Waals surface area contributed by atoms with Crippen LogP contribution in [0, 0.1) is 5.92 Å². The average Bonchev–Trinajstić information content (AvgIpc) is 2.60. The Bertz CT molecular complexity index is 586. The number of hydrogen-bond acceptors (Lipinski definition) is 2. The van der Waals surface area contributed by atoms with Crippen molar-refractivity contribution in [1.82, 2.24) is 0 Å². The van der Waals surface area contributed by atoms with E-state index in [4.69, 9.17) is 0 Å². The monoisotopic (exact) mass is 336 g/mol. The molecule has 0 heterocycles. The molecule has 0 amide bonds. The van der Waals surface area contributed by atoms with Crippen LogP contribution in [0.5, 0.6) is 0 Å². The number of carboxylic acid groups (broad SMARTS) is 1. The third-order valence-electron chi connectivity index (χ3n) is 4.75. The van der Waals surface area contributed by atoms with Crippen LogP contribution in [0.15, 0.2) is 21.5 Å². The molecule has 122 valence electrons. The summed E-state index contributed by atoms with van der Waals surface area (Å²) in [5.41, 5.74) is 2.41. The van der Waals surface area contributed by atoms with E-state index in [9.17, 15) is 14.7 Å². The van der Waals surface area contributed by atoms with Gasteiger partial charge in [-0.1, -0.05) is 44.5 Å². The molecular formula is C17H28O3Si2. The lowest BCUT2D eigenvalue weighted by Gasteiger charge is -2.31. The summed E-state index contributed by atoms with van der Waals surface area (Å²) in [7, 11) is -3.30. The summed E-state index contributed by atoms with van der Waals surface area (Å²) in [5, 5.41) is 11.8. The van der Waals surface area contributed by atoms with Crippen LogP contribution in [0.25, 0.3) is 0 Å². The van der Waals surface area contributed by atoms with Gasteiger partial charge in [-0.3, -0.25) is 9.59 Å². The first-order chi connectivity index (χ1) is 9.94. The minimum absolute atomic E-state index is 0.0420. The minimum Gasteiger partial charge on any atom is -0.481 e. The second kappa shape index (κ2) is 5.60. The molecule has 1 atom stereocenters. The Morgan fingerprint density at radius 2 is 1.68 bits per heavy atom. The van der Waals surface area contributed by atoms with Gasteiger partial charge < -0.3 is 5.11 Å². The fourth-order valence-electron chi connectivity index (χ4n) is 4.00. The van der Waals surface area contributed by atoms with Gasteiger partial charge in [-0.25, -0.2) is 0 Å². The van der Waals surface area contributed by atoms with Crippen molar-refractivity contribution in [1.29, 1.82) is 0 Å². The number of rotatable bonds is 4. The Morgan fingerprint density at radius 3 is 2.14 bits per heavy atom. The Morgan fingerprint density at radius 1 is 1.09 bits per heavy atom. The zero-order valence-electron chi connectivity index (χ0n) is 14.7. The second-order valence-corrected chi connectivity index (χ2v) is 18.7. The van der Waals surface area contributed by atoms with Gasteiger partial charge in [0, 0.05) is 0 Å². The number of aliphatic carboxylic acids is 1. The zero-order valence-corrected chi connectivity index (χ0v) is 16.7. The van der Waals surface area contributed by atoms with Gasteiger partial charge in [0.25, 0.3) is 0 Å². The number of carbonyl (C=O) groups excluding carboxylic acids is 1. The Kier molecular flexibility index (Phi) is 4.43. The molecule has 0 spiro atoms. The number of carboxylic acids is 1. The lowest BCUT2D eigenvalue weighted by molar-refractivity contribution is -0.139. The van der Waals surface area contributed by atoms with Gasteiger partial charge in [0.2, 0.25) is 0 Å². The van der Waals surface area contributed by atoms with Crippen LogP contribution >= 0.6 is 0 Å². The van der Waals surface area contributed by atoms with Crippen molar-refractivity contribution in [3.8, 4) is 0 Å². The molecular weight excluding hydrogens is 308 g/mol. The van der Waals surface area contributed by atoms with E-state index in [2.05, 4.69) is 39.3 Å². The van der Waals surface area contributed by atoms with Crippen LogP contribution in [0.3, 0.4) is 0 Å². The smallest absolute Gasteiger partial charge is 0.304 e. The number of carbonyl (C=O) groups is 2. The first kappa shape index (κ1) is 17.4. The summed E-state index contributed by atoms with van der Waals surface area (Å²) >= 11 is 0. The maximum absolute atomic E-state index is 13.0. The minimum atomic E-state index is -1.76. The molecule has 0 saturated heterocycles. The summed E-state index contributed by atoms with van der Waals surface area (Å²) in [6.07, 6.45) is 3.08. The van der Waals surface area contributed by atoms with Gasteiger partial charge in [0.05, 0.1) is 28.5 Å². The van der Waals surface area contributed by atoms with Gasteiger partial charge in [-0.2, -0.15) is 0 Å². The van der Waals surface area contributed by atoms with E-state index < -0.39 is 28.0 Å². The lowest BCUT2D eigenvalue weighted by atomic mass is 9.88. The van der Waals surface area contributed by atoms with Crippen LogP contribution in [-0.4, -0.2) is 33.0 Å². The quantitative estimate of drug-likeness (QED) is 0.783. The van der Waals surface area contributed by atoms with Crippen molar-refractivity contribution in [3.05, 3.63) is 21.5 Å². The molecule has 0 saturated carbocycles. The van der Waals surface area contributed by atoms with Crippen molar-refractivity contribution in [2.75, 3.05) is 0 Å². The molecule has 2 rings (SSSR count). The number of ketones is 1. The summed E-state index contributed by atoms with van der Waals surface area (Å²) in [4.78, 5) is 24.3. The molecule has 1 N–H and O–H groups in total. The maximum Gasteiger partial charge on any atom is 0.304 e. The molecule has 0 aliphatic heterocycles. The van der Waals surface area contributed by atoms with Crippen LogP contribution in [0.2, 0.25) is 39.3 Å². The van der Waals surface area contributed by atoms with E-state index in [0.29, 0.717) is 0 Å². The number of allylic oxidation sites excluding steroid dienone is 4. The zero-order chi connectivity index (χ0) is 16.9. The molecule has 0 aromatic rings.